The van der Waals surface area contributed by atoms with E-state index < -0.39 is 33.7 Å². The number of aromatic nitrogens is 2. The predicted molar refractivity (Wildman–Crippen MR) is 96.1 cm³/mol. The minimum absolute atomic E-state index is 0.00294. The smallest absolute Gasteiger partial charge is 0.330 e. The van der Waals surface area contributed by atoms with Gasteiger partial charge in [-0.2, -0.15) is 13.1 Å². The summed E-state index contributed by atoms with van der Waals surface area (Å²) >= 11 is 0.927. The van der Waals surface area contributed by atoms with Crippen LogP contribution in [0.5, 0.6) is 0 Å². The standard InChI is InChI=1S/C16H16N4O6S2/c21-13-6-7-14(22)20(13)26-16(23)10-3-2-8-19(9-10)28(24,25)12-5-1-4-11-15(12)18-27-17-11/h1,4-5,10H,2-3,6-9H2. The largest absolute Gasteiger partial charge is 0.337 e. The number of hydroxylamine groups is 2. The summed E-state index contributed by atoms with van der Waals surface area (Å²) in [6.07, 6.45) is 0.863. The minimum Gasteiger partial charge on any atom is -0.330 e. The molecule has 4 rings (SSSR count). The van der Waals surface area contributed by atoms with E-state index in [1.54, 1.807) is 12.1 Å². The van der Waals surface area contributed by atoms with Gasteiger partial charge in [0, 0.05) is 25.9 Å². The maximum Gasteiger partial charge on any atom is 0.337 e. The third kappa shape index (κ3) is 3.27. The zero-order valence-electron chi connectivity index (χ0n) is 14.6. The number of fused-ring (bicyclic) bond motifs is 1. The first-order valence-electron chi connectivity index (χ1n) is 8.67. The molecule has 2 aliphatic heterocycles. The van der Waals surface area contributed by atoms with Crippen molar-refractivity contribution in [1.82, 2.24) is 18.1 Å². The van der Waals surface area contributed by atoms with E-state index in [1.807, 2.05) is 0 Å². The fourth-order valence-corrected chi connectivity index (χ4v) is 5.58. The Morgan fingerprint density at radius 1 is 1.18 bits per heavy atom. The molecule has 0 radical (unpaired) electrons. The van der Waals surface area contributed by atoms with Crippen LogP contribution < -0.4 is 0 Å². The van der Waals surface area contributed by atoms with Crippen LogP contribution in [0, 0.1) is 5.92 Å². The average Bonchev–Trinajstić information content (AvgIpc) is 3.29. The molecule has 1 atom stereocenters. The molecule has 0 aliphatic carbocycles. The molecule has 0 spiro atoms. The lowest BCUT2D eigenvalue weighted by Gasteiger charge is -2.31. The summed E-state index contributed by atoms with van der Waals surface area (Å²) < 4.78 is 35.6. The quantitative estimate of drug-likeness (QED) is 0.657. The van der Waals surface area contributed by atoms with E-state index in [2.05, 4.69) is 8.75 Å². The monoisotopic (exact) mass is 424 g/mol. The molecule has 2 amide bonds. The number of sulfonamides is 1. The number of rotatable bonds is 4. The number of piperidine rings is 1. The Bertz CT molecular complexity index is 1050. The Balaban J connectivity index is 1.53. The highest BCUT2D eigenvalue weighted by Crippen LogP contribution is 2.29. The summed E-state index contributed by atoms with van der Waals surface area (Å²) in [4.78, 5) is 40.6. The fraction of sp³-hybridized carbons (Fsp3) is 0.438. The van der Waals surface area contributed by atoms with Gasteiger partial charge in [-0.1, -0.05) is 6.07 Å². The molecule has 3 heterocycles. The Hall–Kier alpha value is -2.44. The van der Waals surface area contributed by atoms with E-state index in [4.69, 9.17) is 4.84 Å². The van der Waals surface area contributed by atoms with Crippen LogP contribution in [0.4, 0.5) is 0 Å². The lowest BCUT2D eigenvalue weighted by atomic mass is 10.0. The highest BCUT2D eigenvalue weighted by atomic mass is 32.2. The molecule has 1 aromatic heterocycles. The Kier molecular flexibility index (Phi) is 4.85. The maximum absolute atomic E-state index is 13.1. The summed E-state index contributed by atoms with van der Waals surface area (Å²) in [5.41, 5.74) is 0.788. The van der Waals surface area contributed by atoms with E-state index >= 15 is 0 Å². The van der Waals surface area contributed by atoms with Crippen molar-refractivity contribution in [2.24, 2.45) is 5.92 Å². The molecule has 2 fully saturated rings. The van der Waals surface area contributed by atoms with Crippen LogP contribution in [0.1, 0.15) is 25.7 Å². The zero-order chi connectivity index (χ0) is 19.9. The van der Waals surface area contributed by atoms with E-state index in [1.165, 1.54) is 10.4 Å². The number of carbonyl (C=O) groups excluding carboxylic acids is 3. The lowest BCUT2D eigenvalue weighted by molar-refractivity contribution is -0.201. The van der Waals surface area contributed by atoms with Crippen LogP contribution in [0.3, 0.4) is 0 Å². The summed E-state index contributed by atoms with van der Waals surface area (Å²) in [5, 5.41) is 0.484. The van der Waals surface area contributed by atoms with Crippen LogP contribution in [-0.4, -0.2) is 57.4 Å². The Morgan fingerprint density at radius 2 is 1.93 bits per heavy atom. The van der Waals surface area contributed by atoms with E-state index in [-0.39, 0.29) is 30.8 Å². The molecule has 1 unspecified atom stereocenters. The van der Waals surface area contributed by atoms with Crippen molar-refractivity contribution < 1.29 is 27.6 Å². The van der Waals surface area contributed by atoms with E-state index in [0.29, 0.717) is 28.9 Å². The molecule has 2 saturated heterocycles. The zero-order valence-corrected chi connectivity index (χ0v) is 16.2. The van der Waals surface area contributed by atoms with E-state index in [9.17, 15) is 22.8 Å². The summed E-state index contributed by atoms with van der Waals surface area (Å²) in [6, 6.07) is 4.73. The predicted octanol–water partition coefficient (Wildman–Crippen LogP) is 0.699. The van der Waals surface area contributed by atoms with Gasteiger partial charge < -0.3 is 4.84 Å². The number of carbonyl (C=O) groups is 3. The Labute approximate surface area is 164 Å². The lowest BCUT2D eigenvalue weighted by Crippen LogP contribution is -2.44. The molecule has 0 N–H and O–H groups in total. The minimum atomic E-state index is -3.89. The first kappa shape index (κ1) is 18.9. The molecule has 148 valence electrons. The number of imide groups is 1. The van der Waals surface area contributed by atoms with Gasteiger partial charge in [0.2, 0.25) is 10.0 Å². The molecular formula is C16H16N4O6S2. The van der Waals surface area contributed by atoms with Gasteiger partial charge >= 0.3 is 5.97 Å². The van der Waals surface area contributed by atoms with Crippen LogP contribution in [-0.2, 0) is 29.2 Å². The first-order chi connectivity index (χ1) is 13.4. The topological polar surface area (TPSA) is 127 Å². The molecule has 10 nitrogen and oxygen atoms in total. The molecule has 12 heteroatoms. The van der Waals surface area contributed by atoms with Gasteiger partial charge in [-0.05, 0) is 25.0 Å². The Morgan fingerprint density at radius 3 is 2.68 bits per heavy atom. The molecule has 2 aromatic rings. The highest BCUT2D eigenvalue weighted by Gasteiger charge is 2.39. The van der Waals surface area contributed by atoms with Gasteiger partial charge in [-0.3, -0.25) is 9.59 Å². The normalized spacial score (nSPS) is 21.4. The van der Waals surface area contributed by atoms with Gasteiger partial charge in [0.05, 0.1) is 17.6 Å². The third-order valence-electron chi connectivity index (χ3n) is 4.77. The number of nitrogens with zero attached hydrogens (tertiary/aromatic N) is 4. The van der Waals surface area contributed by atoms with Crippen molar-refractivity contribution in [3.8, 4) is 0 Å². The molecule has 0 saturated carbocycles. The van der Waals surface area contributed by atoms with Gasteiger partial charge in [0.1, 0.15) is 15.9 Å². The molecule has 2 aliphatic rings. The van der Waals surface area contributed by atoms with Crippen molar-refractivity contribution >= 4 is 50.6 Å². The number of benzene rings is 1. The second-order valence-electron chi connectivity index (χ2n) is 6.58. The molecule has 28 heavy (non-hydrogen) atoms. The average molecular weight is 424 g/mol. The van der Waals surface area contributed by atoms with Crippen LogP contribution in [0.25, 0.3) is 11.0 Å². The third-order valence-corrected chi connectivity index (χ3v) is 7.21. The van der Waals surface area contributed by atoms with Gasteiger partial charge in [0.15, 0.2) is 0 Å². The molecule has 0 bridgehead atoms. The molecule has 1 aromatic carbocycles. The van der Waals surface area contributed by atoms with Gasteiger partial charge in [-0.25, -0.2) is 13.2 Å². The van der Waals surface area contributed by atoms with Crippen molar-refractivity contribution in [2.75, 3.05) is 13.1 Å². The summed E-state index contributed by atoms with van der Waals surface area (Å²) in [6.45, 7) is 0.160. The van der Waals surface area contributed by atoms with Crippen LogP contribution in [0.2, 0.25) is 0 Å². The number of hydrogen-bond donors (Lipinski definition) is 0. The second kappa shape index (κ2) is 7.18. The van der Waals surface area contributed by atoms with Crippen molar-refractivity contribution in [1.29, 1.82) is 0 Å². The SMILES string of the molecule is O=C(ON1C(=O)CCC1=O)C1CCCN(S(=O)(=O)c2cccc3nsnc23)C1. The van der Waals surface area contributed by atoms with Crippen molar-refractivity contribution in [2.45, 2.75) is 30.6 Å². The van der Waals surface area contributed by atoms with Gasteiger partial charge in [0.25, 0.3) is 11.8 Å². The van der Waals surface area contributed by atoms with Crippen LogP contribution in [0.15, 0.2) is 23.1 Å². The van der Waals surface area contributed by atoms with Crippen molar-refractivity contribution in [3.63, 3.8) is 0 Å². The fourth-order valence-electron chi connectivity index (χ4n) is 3.30. The number of amides is 2. The highest BCUT2D eigenvalue weighted by molar-refractivity contribution is 7.89. The van der Waals surface area contributed by atoms with Gasteiger partial charge in [-0.15, -0.1) is 5.06 Å². The first-order valence-corrected chi connectivity index (χ1v) is 10.8. The summed E-state index contributed by atoms with van der Waals surface area (Å²) in [7, 11) is -3.89. The van der Waals surface area contributed by atoms with Crippen LogP contribution >= 0.6 is 11.7 Å². The second-order valence-corrected chi connectivity index (χ2v) is 9.02. The van der Waals surface area contributed by atoms with Crippen molar-refractivity contribution in [3.05, 3.63) is 18.2 Å². The number of hydrogen-bond acceptors (Lipinski definition) is 9. The summed E-state index contributed by atoms with van der Waals surface area (Å²) in [5.74, 6) is -2.68. The molecular weight excluding hydrogens is 408 g/mol. The maximum atomic E-state index is 13.1. The van der Waals surface area contributed by atoms with E-state index in [0.717, 1.165) is 11.7 Å².